The predicted molar refractivity (Wildman–Crippen MR) is 155 cm³/mol. The summed E-state index contributed by atoms with van der Waals surface area (Å²) >= 11 is 0. The highest BCUT2D eigenvalue weighted by Crippen LogP contribution is 2.33. The van der Waals surface area contributed by atoms with Crippen LogP contribution in [0.1, 0.15) is 31.4 Å². The van der Waals surface area contributed by atoms with Gasteiger partial charge < -0.3 is 59.0 Å². The first-order valence-corrected chi connectivity index (χ1v) is 14.7. The van der Waals surface area contributed by atoms with Gasteiger partial charge in [-0.1, -0.05) is 17.3 Å². The van der Waals surface area contributed by atoms with E-state index >= 15 is 4.39 Å². The highest BCUT2D eigenvalue weighted by molar-refractivity contribution is 5.97. The quantitative estimate of drug-likeness (QED) is 0.146. The van der Waals surface area contributed by atoms with Crippen molar-refractivity contribution >= 4 is 17.7 Å². The number of benzene rings is 2. The maximum absolute atomic E-state index is 15.0. The first-order valence-electron chi connectivity index (χ1n) is 14.7. The second-order valence-electron chi connectivity index (χ2n) is 11.5. The van der Waals surface area contributed by atoms with Crippen molar-refractivity contribution in [2.45, 2.75) is 81.9 Å². The van der Waals surface area contributed by atoms with E-state index in [-0.39, 0.29) is 37.9 Å². The van der Waals surface area contributed by atoms with Crippen molar-refractivity contribution < 1.29 is 62.9 Å². The Morgan fingerprint density at radius 1 is 1.00 bits per heavy atom. The molecule has 0 aromatic heterocycles. The Kier molecular flexibility index (Phi) is 9.42. The van der Waals surface area contributed by atoms with Crippen LogP contribution in [0, 0.1) is 5.82 Å². The van der Waals surface area contributed by atoms with E-state index in [1.165, 1.54) is 25.1 Å². The molecule has 248 valence electrons. The molecule has 5 N–H and O–H groups in total. The summed E-state index contributed by atoms with van der Waals surface area (Å²) in [6, 6.07) is 8.23. The Bertz CT molecular complexity index is 1500. The molecular weight excluding hydrogens is 611 g/mol. The zero-order chi connectivity index (χ0) is 32.5. The van der Waals surface area contributed by atoms with Crippen LogP contribution in [0.15, 0.2) is 47.1 Å². The summed E-state index contributed by atoms with van der Waals surface area (Å²) in [5.74, 6) is -0.218. The van der Waals surface area contributed by atoms with Gasteiger partial charge in [-0.05, 0) is 55.3 Å². The first-order chi connectivity index (χ1) is 22.1. The molecule has 46 heavy (non-hydrogen) atoms. The number of nitrogens with one attached hydrogen (secondary N) is 1. The molecule has 2 aromatic rings. The van der Waals surface area contributed by atoms with Crippen LogP contribution in [0.4, 0.5) is 4.39 Å². The number of rotatable bonds is 9. The Labute approximate surface area is 262 Å². The van der Waals surface area contributed by atoms with E-state index in [0.717, 1.165) is 11.6 Å². The van der Waals surface area contributed by atoms with E-state index in [0.29, 0.717) is 22.8 Å². The second kappa shape index (κ2) is 13.5. The molecule has 4 aliphatic rings. The van der Waals surface area contributed by atoms with Crippen molar-refractivity contribution in [3.63, 3.8) is 0 Å². The van der Waals surface area contributed by atoms with Crippen molar-refractivity contribution in [2.75, 3.05) is 13.6 Å². The first kappa shape index (κ1) is 32.1. The third kappa shape index (κ3) is 6.66. The normalized spacial score (nSPS) is 32.3. The molecule has 6 rings (SSSR count). The van der Waals surface area contributed by atoms with Crippen LogP contribution in [0.5, 0.6) is 17.2 Å². The maximum atomic E-state index is 15.0. The monoisotopic (exact) mass is 646 g/mol. The number of aliphatic hydroxyl groups is 4. The van der Waals surface area contributed by atoms with Gasteiger partial charge >= 0.3 is 0 Å². The van der Waals surface area contributed by atoms with Crippen LogP contribution in [0.25, 0.3) is 6.08 Å². The fourth-order valence-electron chi connectivity index (χ4n) is 5.76. The summed E-state index contributed by atoms with van der Waals surface area (Å²) in [6.07, 6.45) is -7.29. The van der Waals surface area contributed by atoms with Gasteiger partial charge in [0.05, 0.1) is 17.9 Å². The number of hydrogen-bond acceptors (Lipinski definition) is 13. The molecule has 0 bridgehead atoms. The summed E-state index contributed by atoms with van der Waals surface area (Å²) in [6.45, 7) is 3.29. The Morgan fingerprint density at radius 2 is 1.76 bits per heavy atom. The average Bonchev–Trinajstić information content (AvgIpc) is 3.79. The van der Waals surface area contributed by atoms with E-state index in [2.05, 4.69) is 10.5 Å². The largest absolute Gasteiger partial charge is 0.462 e. The summed E-state index contributed by atoms with van der Waals surface area (Å²) in [7, 11) is 0. The summed E-state index contributed by atoms with van der Waals surface area (Å²) in [4.78, 5) is 18.3. The molecule has 2 aromatic carbocycles. The maximum Gasteiger partial charge on any atom is 0.247 e. The average molecular weight is 647 g/mol. The van der Waals surface area contributed by atoms with Gasteiger partial charge in [-0.3, -0.25) is 4.79 Å². The highest BCUT2D eigenvalue weighted by atomic mass is 19.1. The van der Waals surface area contributed by atoms with Gasteiger partial charge in [0.1, 0.15) is 50.0 Å². The van der Waals surface area contributed by atoms with E-state index in [1.54, 1.807) is 19.1 Å². The van der Waals surface area contributed by atoms with Gasteiger partial charge in [0.25, 0.3) is 0 Å². The number of amides is 1. The minimum absolute atomic E-state index is 0.0619. The topological polar surface area (TPSA) is 187 Å². The number of ether oxygens (including phenoxy) is 6. The van der Waals surface area contributed by atoms with Crippen molar-refractivity contribution in [1.29, 1.82) is 0 Å². The minimum atomic E-state index is -1.50. The van der Waals surface area contributed by atoms with Crippen LogP contribution in [0.2, 0.25) is 0 Å². The van der Waals surface area contributed by atoms with Crippen molar-refractivity contribution in [3.8, 4) is 17.2 Å². The number of fused-ring (bicyclic) bond motifs is 2. The molecular formula is C31H35FN2O12. The van der Waals surface area contributed by atoms with Crippen LogP contribution in [0.3, 0.4) is 0 Å². The molecule has 1 amide bonds. The molecule has 14 nitrogen and oxygen atoms in total. The second-order valence-corrected chi connectivity index (χ2v) is 11.5. The van der Waals surface area contributed by atoms with E-state index < -0.39 is 66.8 Å². The highest BCUT2D eigenvalue weighted by Gasteiger charge is 2.53. The minimum Gasteiger partial charge on any atom is -0.462 e. The van der Waals surface area contributed by atoms with Crippen molar-refractivity contribution in [2.24, 2.45) is 5.16 Å². The number of nitrogens with zero attached hydrogens (tertiary/aromatic N) is 1. The van der Waals surface area contributed by atoms with Crippen LogP contribution in [-0.2, 0) is 30.4 Å². The number of aliphatic hydroxyl groups excluding tert-OH is 4. The third-order valence-electron chi connectivity index (χ3n) is 8.23. The van der Waals surface area contributed by atoms with E-state index in [9.17, 15) is 25.2 Å². The Balaban J connectivity index is 1.02. The molecule has 0 spiro atoms. The number of carbonyl (C=O) groups excluding carboxylic acids is 1. The molecule has 15 heteroatoms. The molecule has 3 fully saturated rings. The van der Waals surface area contributed by atoms with Gasteiger partial charge in [0.2, 0.25) is 19.0 Å². The summed E-state index contributed by atoms with van der Waals surface area (Å²) in [5, 5.41) is 48.4. The molecule has 1 aliphatic carbocycles. The number of carbonyl (C=O) groups is 1. The van der Waals surface area contributed by atoms with Gasteiger partial charge in [-0.15, -0.1) is 0 Å². The zero-order valence-corrected chi connectivity index (χ0v) is 24.9. The lowest BCUT2D eigenvalue weighted by Crippen LogP contribution is -2.67. The predicted octanol–water partition coefficient (Wildman–Crippen LogP) is 0.728. The van der Waals surface area contributed by atoms with Crippen molar-refractivity contribution in [1.82, 2.24) is 5.32 Å². The van der Waals surface area contributed by atoms with Gasteiger partial charge in [-0.25, -0.2) is 4.39 Å². The lowest BCUT2D eigenvalue weighted by atomic mass is 9.83. The number of oxime groups is 1. The summed E-state index contributed by atoms with van der Waals surface area (Å²) < 4.78 is 47.6. The molecule has 2 saturated heterocycles. The van der Waals surface area contributed by atoms with Crippen LogP contribution < -0.4 is 19.5 Å². The van der Waals surface area contributed by atoms with E-state index in [4.69, 9.17) is 33.3 Å². The fraction of sp³-hybridized carbons (Fsp3) is 0.484. The molecule has 1 saturated carbocycles. The summed E-state index contributed by atoms with van der Waals surface area (Å²) in [5.41, 5.74) is 1.67. The van der Waals surface area contributed by atoms with Gasteiger partial charge in [-0.2, -0.15) is 0 Å². The Morgan fingerprint density at radius 3 is 2.54 bits per heavy atom. The molecule has 3 heterocycles. The number of halogens is 1. The van der Waals surface area contributed by atoms with Crippen LogP contribution >= 0.6 is 0 Å². The molecule has 9 atom stereocenters. The molecule has 3 aliphatic heterocycles. The van der Waals surface area contributed by atoms with E-state index in [1.807, 2.05) is 6.07 Å². The third-order valence-corrected chi connectivity index (χ3v) is 8.23. The molecule has 0 unspecified atom stereocenters. The van der Waals surface area contributed by atoms with Crippen LogP contribution in [-0.4, -0.2) is 101 Å². The van der Waals surface area contributed by atoms with Gasteiger partial charge in [0, 0.05) is 12.0 Å². The lowest BCUT2D eigenvalue weighted by Gasteiger charge is -2.41. The lowest BCUT2D eigenvalue weighted by molar-refractivity contribution is -0.155. The molecule has 0 radical (unpaired) electrons. The zero-order valence-electron chi connectivity index (χ0n) is 24.9. The Hall–Kier alpha value is -3.83. The SMILES string of the molecule is CC(=Cc1ccc(O[C@H]2C[C@H](O)[C@@H](C(C)=NOCc3ccc4c(c3)OCO4)O2)c(F)c1)C(=O)N[C@@H]1[C@H](O)[C@@H](O)[C@H]2OCO[C@H]2[C@@H]1O. The number of hydrogen-bond donors (Lipinski definition) is 5. The fourth-order valence-corrected chi connectivity index (χ4v) is 5.76. The van der Waals surface area contributed by atoms with Gasteiger partial charge in [0.15, 0.2) is 23.1 Å². The smallest absolute Gasteiger partial charge is 0.247 e. The standard InChI is InChI=1S/C31H35FN2O12/c1-14(31(39)33-24-25(36)27(38)30-29(26(24)37)42-13-43-30)7-16-3-5-20(18(32)8-16)45-23-10-19(35)28(46-23)15(2)34-44-11-17-4-6-21-22(9-17)41-12-40-21/h3-9,19,23-30,35-38H,10-13H2,1-2H3,(H,33,39)/t19-,23+,24+,25-,26+,27+,28+,29-,30+/m0/s1. The van der Waals surface area contributed by atoms with Crippen molar-refractivity contribution in [3.05, 3.63) is 58.9 Å².